The Morgan fingerprint density at radius 1 is 1.00 bits per heavy atom. The van der Waals surface area contributed by atoms with E-state index in [1.165, 1.54) is 32.1 Å². The fourth-order valence-electron chi connectivity index (χ4n) is 3.22. The molecule has 2 aliphatic carbocycles. The highest BCUT2D eigenvalue weighted by Gasteiger charge is 2.37. The summed E-state index contributed by atoms with van der Waals surface area (Å²) in [5.74, 6) is 2.38. The lowest BCUT2D eigenvalue weighted by atomic mass is 9.83. The van der Waals surface area contributed by atoms with Crippen LogP contribution < -0.4 is 0 Å². The van der Waals surface area contributed by atoms with Gasteiger partial charge in [0.05, 0.1) is 6.10 Å². The zero-order valence-corrected chi connectivity index (χ0v) is 8.00. The smallest absolute Gasteiger partial charge is 0.0568 e. The van der Waals surface area contributed by atoms with Crippen LogP contribution in [-0.4, -0.2) is 11.2 Å². The van der Waals surface area contributed by atoms with Crippen molar-refractivity contribution in [3.05, 3.63) is 0 Å². The standard InChI is InChI=1S/C11H20O/c1-8-10(6-7-11(8)12)9-4-2-3-5-9/h8-12H,2-7H2,1H3. The van der Waals surface area contributed by atoms with Gasteiger partial charge in [-0.1, -0.05) is 32.6 Å². The fourth-order valence-corrected chi connectivity index (χ4v) is 3.22. The maximum Gasteiger partial charge on any atom is 0.0568 e. The second kappa shape index (κ2) is 3.37. The van der Waals surface area contributed by atoms with E-state index in [-0.39, 0.29) is 6.10 Å². The Bertz CT molecular complexity index is 149. The van der Waals surface area contributed by atoms with Crippen LogP contribution in [0.3, 0.4) is 0 Å². The molecule has 0 aromatic rings. The molecule has 0 aliphatic heterocycles. The summed E-state index contributed by atoms with van der Waals surface area (Å²) in [6.45, 7) is 2.24. The molecule has 2 saturated carbocycles. The predicted molar refractivity (Wildman–Crippen MR) is 49.9 cm³/mol. The maximum atomic E-state index is 9.63. The Labute approximate surface area is 75.2 Å². The Morgan fingerprint density at radius 3 is 2.17 bits per heavy atom. The lowest BCUT2D eigenvalue weighted by molar-refractivity contribution is 0.114. The normalized spacial score (nSPS) is 44.0. The monoisotopic (exact) mass is 168 g/mol. The number of aliphatic hydroxyl groups excluding tert-OH is 1. The van der Waals surface area contributed by atoms with E-state index < -0.39 is 0 Å². The molecule has 3 atom stereocenters. The number of hydrogen-bond donors (Lipinski definition) is 1. The number of rotatable bonds is 1. The van der Waals surface area contributed by atoms with Crippen molar-refractivity contribution in [3.8, 4) is 0 Å². The lowest BCUT2D eigenvalue weighted by Crippen LogP contribution is -2.20. The summed E-state index contributed by atoms with van der Waals surface area (Å²) >= 11 is 0. The molecule has 0 aromatic heterocycles. The van der Waals surface area contributed by atoms with E-state index in [0.717, 1.165) is 18.3 Å². The molecule has 0 amide bonds. The molecule has 2 rings (SSSR count). The summed E-state index contributed by atoms with van der Waals surface area (Å²) < 4.78 is 0. The third-order valence-corrected chi connectivity index (χ3v) is 4.08. The van der Waals surface area contributed by atoms with Crippen molar-refractivity contribution in [2.45, 2.75) is 51.6 Å². The van der Waals surface area contributed by atoms with Crippen molar-refractivity contribution in [3.63, 3.8) is 0 Å². The predicted octanol–water partition coefficient (Wildman–Crippen LogP) is 2.58. The SMILES string of the molecule is CC1C(O)CCC1C1CCCC1. The van der Waals surface area contributed by atoms with Gasteiger partial charge in [0.15, 0.2) is 0 Å². The average molecular weight is 168 g/mol. The summed E-state index contributed by atoms with van der Waals surface area (Å²) in [5, 5.41) is 9.63. The number of hydrogen-bond acceptors (Lipinski definition) is 1. The van der Waals surface area contributed by atoms with Gasteiger partial charge >= 0.3 is 0 Å². The Balaban J connectivity index is 1.95. The molecule has 3 unspecified atom stereocenters. The summed E-state index contributed by atoms with van der Waals surface area (Å²) in [5.41, 5.74) is 0. The van der Waals surface area contributed by atoms with E-state index in [1.54, 1.807) is 0 Å². The summed E-state index contributed by atoms with van der Waals surface area (Å²) in [7, 11) is 0. The third kappa shape index (κ3) is 1.39. The van der Waals surface area contributed by atoms with Gasteiger partial charge in [-0.3, -0.25) is 0 Å². The molecule has 0 saturated heterocycles. The van der Waals surface area contributed by atoms with Crippen molar-refractivity contribution in [2.75, 3.05) is 0 Å². The summed E-state index contributed by atoms with van der Waals surface area (Å²) in [4.78, 5) is 0. The van der Waals surface area contributed by atoms with E-state index >= 15 is 0 Å². The highest BCUT2D eigenvalue weighted by atomic mass is 16.3. The Hall–Kier alpha value is -0.0400. The van der Waals surface area contributed by atoms with Crippen LogP contribution in [0.4, 0.5) is 0 Å². The van der Waals surface area contributed by atoms with Gasteiger partial charge in [0, 0.05) is 0 Å². The van der Waals surface area contributed by atoms with Crippen LogP contribution in [0, 0.1) is 17.8 Å². The highest BCUT2D eigenvalue weighted by molar-refractivity contribution is 4.87. The van der Waals surface area contributed by atoms with Gasteiger partial charge < -0.3 is 5.11 Å². The quantitative estimate of drug-likeness (QED) is 0.638. The first-order valence-corrected chi connectivity index (χ1v) is 5.47. The van der Waals surface area contributed by atoms with Crippen LogP contribution in [0.25, 0.3) is 0 Å². The van der Waals surface area contributed by atoms with Crippen LogP contribution >= 0.6 is 0 Å². The maximum absolute atomic E-state index is 9.63. The van der Waals surface area contributed by atoms with Gasteiger partial charge in [0.2, 0.25) is 0 Å². The van der Waals surface area contributed by atoms with Gasteiger partial charge in [-0.05, 0) is 30.6 Å². The second-order valence-electron chi connectivity index (χ2n) is 4.71. The topological polar surface area (TPSA) is 20.2 Å². The van der Waals surface area contributed by atoms with Gasteiger partial charge in [-0.15, -0.1) is 0 Å². The molecule has 0 bridgehead atoms. The molecule has 0 spiro atoms. The van der Waals surface area contributed by atoms with E-state index in [9.17, 15) is 5.11 Å². The zero-order chi connectivity index (χ0) is 8.55. The molecular weight excluding hydrogens is 148 g/mol. The minimum Gasteiger partial charge on any atom is -0.393 e. The largest absolute Gasteiger partial charge is 0.393 e. The molecule has 2 fully saturated rings. The van der Waals surface area contributed by atoms with Crippen molar-refractivity contribution < 1.29 is 5.11 Å². The molecule has 70 valence electrons. The van der Waals surface area contributed by atoms with Gasteiger partial charge in [-0.25, -0.2) is 0 Å². The zero-order valence-electron chi connectivity index (χ0n) is 8.00. The summed E-state index contributed by atoms with van der Waals surface area (Å²) in [6, 6.07) is 0. The molecule has 12 heavy (non-hydrogen) atoms. The highest BCUT2D eigenvalue weighted by Crippen LogP contribution is 2.43. The molecule has 1 heteroatoms. The second-order valence-corrected chi connectivity index (χ2v) is 4.71. The van der Waals surface area contributed by atoms with E-state index in [0.29, 0.717) is 5.92 Å². The minimum absolute atomic E-state index is 0.00981. The molecule has 1 N–H and O–H groups in total. The molecule has 0 heterocycles. The van der Waals surface area contributed by atoms with Crippen molar-refractivity contribution >= 4 is 0 Å². The minimum atomic E-state index is 0.00981. The van der Waals surface area contributed by atoms with Crippen LogP contribution in [0.1, 0.15) is 45.4 Å². The van der Waals surface area contributed by atoms with E-state index in [2.05, 4.69) is 6.92 Å². The molecular formula is C11H20O. The van der Waals surface area contributed by atoms with Crippen LogP contribution in [0.5, 0.6) is 0 Å². The fraction of sp³-hybridized carbons (Fsp3) is 1.00. The average Bonchev–Trinajstić information content (AvgIpc) is 2.64. The van der Waals surface area contributed by atoms with E-state index in [4.69, 9.17) is 0 Å². The first kappa shape index (κ1) is 8.55. The Kier molecular flexibility index (Phi) is 2.40. The van der Waals surface area contributed by atoms with Crippen LogP contribution in [0.2, 0.25) is 0 Å². The van der Waals surface area contributed by atoms with Crippen molar-refractivity contribution in [2.24, 2.45) is 17.8 Å². The molecule has 1 nitrogen and oxygen atoms in total. The molecule has 2 aliphatic rings. The Morgan fingerprint density at radius 2 is 1.67 bits per heavy atom. The van der Waals surface area contributed by atoms with Gasteiger partial charge in [0.1, 0.15) is 0 Å². The number of aliphatic hydroxyl groups is 1. The third-order valence-electron chi connectivity index (χ3n) is 4.08. The van der Waals surface area contributed by atoms with Crippen LogP contribution in [-0.2, 0) is 0 Å². The van der Waals surface area contributed by atoms with Crippen molar-refractivity contribution in [1.82, 2.24) is 0 Å². The first-order chi connectivity index (χ1) is 5.79. The van der Waals surface area contributed by atoms with Gasteiger partial charge in [0.25, 0.3) is 0 Å². The van der Waals surface area contributed by atoms with E-state index in [1.807, 2.05) is 0 Å². The lowest BCUT2D eigenvalue weighted by Gasteiger charge is -2.23. The molecule has 0 aromatic carbocycles. The van der Waals surface area contributed by atoms with Crippen LogP contribution in [0.15, 0.2) is 0 Å². The molecule has 0 radical (unpaired) electrons. The first-order valence-electron chi connectivity index (χ1n) is 5.47. The summed E-state index contributed by atoms with van der Waals surface area (Å²) in [6.07, 6.45) is 8.09. The van der Waals surface area contributed by atoms with Gasteiger partial charge in [-0.2, -0.15) is 0 Å². The van der Waals surface area contributed by atoms with Crippen molar-refractivity contribution in [1.29, 1.82) is 0 Å².